The summed E-state index contributed by atoms with van der Waals surface area (Å²) in [6, 6.07) is 12.8. The molecular formula is C18H15F3O2. The summed E-state index contributed by atoms with van der Waals surface area (Å²) >= 11 is 0. The smallest absolute Gasteiger partial charge is 0.494 e. The fourth-order valence-electron chi connectivity index (χ4n) is 1.74. The second-order valence-electron chi connectivity index (χ2n) is 4.70. The van der Waals surface area contributed by atoms with Crippen LogP contribution in [0.25, 0.3) is 0 Å². The third-order valence-corrected chi connectivity index (χ3v) is 2.77. The highest BCUT2D eigenvalue weighted by Crippen LogP contribution is 2.22. The van der Waals surface area contributed by atoms with Gasteiger partial charge in [-0.1, -0.05) is 18.8 Å². The summed E-state index contributed by atoms with van der Waals surface area (Å²) in [5, 5.41) is 0. The van der Waals surface area contributed by atoms with Crippen LogP contribution in [0.15, 0.2) is 48.5 Å². The van der Waals surface area contributed by atoms with Gasteiger partial charge < -0.3 is 9.47 Å². The van der Waals surface area contributed by atoms with Gasteiger partial charge >= 0.3 is 6.36 Å². The summed E-state index contributed by atoms with van der Waals surface area (Å²) in [5.41, 5.74) is 1.40. The van der Waals surface area contributed by atoms with E-state index < -0.39 is 6.36 Å². The van der Waals surface area contributed by atoms with E-state index in [0.29, 0.717) is 12.2 Å². The van der Waals surface area contributed by atoms with Crippen molar-refractivity contribution in [2.45, 2.75) is 19.7 Å². The second kappa shape index (κ2) is 7.59. The minimum atomic E-state index is -4.69. The third-order valence-electron chi connectivity index (χ3n) is 2.77. The maximum Gasteiger partial charge on any atom is 0.573 e. The van der Waals surface area contributed by atoms with Gasteiger partial charge in [0.05, 0.1) is 6.61 Å². The maximum absolute atomic E-state index is 12.1. The normalized spacial score (nSPS) is 10.6. The molecule has 0 atom stereocenters. The van der Waals surface area contributed by atoms with Crippen LogP contribution in [0.3, 0.4) is 0 Å². The molecule has 0 saturated carbocycles. The van der Waals surface area contributed by atoms with Crippen LogP contribution in [-0.2, 0) is 0 Å². The predicted octanol–water partition coefficient (Wildman–Crippen LogP) is 4.77. The van der Waals surface area contributed by atoms with Crippen molar-refractivity contribution in [3.05, 3.63) is 59.7 Å². The van der Waals surface area contributed by atoms with Crippen LogP contribution >= 0.6 is 0 Å². The third kappa shape index (κ3) is 5.95. The lowest BCUT2D eigenvalue weighted by atomic mass is 10.2. The van der Waals surface area contributed by atoms with E-state index in [9.17, 15) is 13.2 Å². The summed E-state index contributed by atoms with van der Waals surface area (Å²) in [6.07, 6.45) is -3.75. The van der Waals surface area contributed by atoms with Gasteiger partial charge in [-0.3, -0.25) is 0 Å². The Morgan fingerprint density at radius 3 is 1.74 bits per heavy atom. The number of hydrogen-bond acceptors (Lipinski definition) is 2. The van der Waals surface area contributed by atoms with Crippen LogP contribution < -0.4 is 9.47 Å². The molecule has 0 aliphatic rings. The first kappa shape index (κ1) is 16.8. The molecule has 0 aromatic heterocycles. The molecule has 0 bridgehead atoms. The number of ether oxygens (including phenoxy) is 2. The van der Waals surface area contributed by atoms with Crippen LogP contribution in [0.5, 0.6) is 11.5 Å². The Labute approximate surface area is 132 Å². The van der Waals surface area contributed by atoms with Gasteiger partial charge in [-0.15, -0.1) is 13.2 Å². The maximum atomic E-state index is 12.1. The van der Waals surface area contributed by atoms with Gasteiger partial charge in [0.25, 0.3) is 0 Å². The summed E-state index contributed by atoms with van der Waals surface area (Å²) < 4.78 is 45.5. The van der Waals surface area contributed by atoms with Crippen LogP contribution in [0.1, 0.15) is 24.5 Å². The molecule has 2 aromatic rings. The number of benzene rings is 2. The van der Waals surface area contributed by atoms with E-state index in [2.05, 4.69) is 16.6 Å². The highest BCUT2D eigenvalue weighted by atomic mass is 19.4. The number of halogens is 3. The van der Waals surface area contributed by atoms with Crippen molar-refractivity contribution in [1.29, 1.82) is 0 Å². The van der Waals surface area contributed by atoms with E-state index >= 15 is 0 Å². The standard InChI is InChI=1S/C18H15F3O2/c1-2-13-22-16-9-5-14(6-10-16)3-4-15-7-11-17(12-8-15)23-18(19,20)21/h5-12H,2,13H2,1H3. The van der Waals surface area contributed by atoms with E-state index in [4.69, 9.17) is 4.74 Å². The van der Waals surface area contributed by atoms with Crippen LogP contribution in [0, 0.1) is 11.8 Å². The highest BCUT2D eigenvalue weighted by Gasteiger charge is 2.30. The van der Waals surface area contributed by atoms with E-state index in [1.807, 2.05) is 31.2 Å². The Kier molecular flexibility index (Phi) is 5.53. The minimum Gasteiger partial charge on any atom is -0.494 e. The van der Waals surface area contributed by atoms with Crippen LogP contribution in [0.2, 0.25) is 0 Å². The van der Waals surface area contributed by atoms with E-state index in [0.717, 1.165) is 17.7 Å². The van der Waals surface area contributed by atoms with Gasteiger partial charge in [0.15, 0.2) is 0 Å². The van der Waals surface area contributed by atoms with E-state index in [-0.39, 0.29) is 5.75 Å². The lowest BCUT2D eigenvalue weighted by Gasteiger charge is -2.07. The minimum absolute atomic E-state index is 0.263. The average molecular weight is 320 g/mol. The molecule has 0 amide bonds. The van der Waals surface area contributed by atoms with Crippen LogP contribution in [-0.4, -0.2) is 13.0 Å². The lowest BCUT2D eigenvalue weighted by molar-refractivity contribution is -0.274. The van der Waals surface area contributed by atoms with Gasteiger partial charge in [0.2, 0.25) is 0 Å². The Bertz CT molecular complexity index is 677. The number of rotatable bonds is 4. The Morgan fingerprint density at radius 1 is 0.826 bits per heavy atom. The zero-order valence-electron chi connectivity index (χ0n) is 12.5. The number of alkyl halides is 3. The van der Waals surface area contributed by atoms with Crippen molar-refractivity contribution in [2.24, 2.45) is 0 Å². The van der Waals surface area contributed by atoms with Gasteiger partial charge in [-0.05, 0) is 55.0 Å². The molecule has 2 aromatic carbocycles. The second-order valence-corrected chi connectivity index (χ2v) is 4.70. The molecule has 0 heterocycles. The van der Waals surface area contributed by atoms with Gasteiger partial charge in [0.1, 0.15) is 11.5 Å². The average Bonchev–Trinajstić information content (AvgIpc) is 2.52. The Hall–Kier alpha value is -2.61. The van der Waals surface area contributed by atoms with E-state index in [1.54, 1.807) is 0 Å². The van der Waals surface area contributed by atoms with Crippen molar-refractivity contribution < 1.29 is 22.6 Å². The predicted molar refractivity (Wildman–Crippen MR) is 81.3 cm³/mol. The van der Waals surface area contributed by atoms with Gasteiger partial charge in [0, 0.05) is 11.1 Å². The molecular weight excluding hydrogens is 305 g/mol. The quantitative estimate of drug-likeness (QED) is 0.755. The molecule has 0 aliphatic carbocycles. The molecule has 0 N–H and O–H groups in total. The molecule has 0 fully saturated rings. The van der Waals surface area contributed by atoms with Crippen molar-refractivity contribution >= 4 is 0 Å². The van der Waals surface area contributed by atoms with Crippen molar-refractivity contribution in [2.75, 3.05) is 6.61 Å². The summed E-state index contributed by atoms with van der Waals surface area (Å²) in [6.45, 7) is 2.70. The summed E-state index contributed by atoms with van der Waals surface area (Å²) in [4.78, 5) is 0. The fourth-order valence-corrected chi connectivity index (χ4v) is 1.74. The Balaban J connectivity index is 2.01. The topological polar surface area (TPSA) is 18.5 Å². The largest absolute Gasteiger partial charge is 0.573 e. The van der Waals surface area contributed by atoms with Crippen molar-refractivity contribution in [3.8, 4) is 23.3 Å². The van der Waals surface area contributed by atoms with Crippen molar-refractivity contribution in [3.63, 3.8) is 0 Å². The molecule has 2 nitrogen and oxygen atoms in total. The summed E-state index contributed by atoms with van der Waals surface area (Å²) in [5.74, 6) is 6.35. The van der Waals surface area contributed by atoms with E-state index in [1.165, 1.54) is 24.3 Å². The first-order valence-corrected chi connectivity index (χ1v) is 7.07. The van der Waals surface area contributed by atoms with Crippen molar-refractivity contribution in [1.82, 2.24) is 0 Å². The SMILES string of the molecule is CCCOc1ccc(C#Cc2ccc(OC(F)(F)F)cc2)cc1. The molecule has 0 unspecified atom stereocenters. The molecule has 5 heteroatoms. The molecule has 0 aliphatic heterocycles. The monoisotopic (exact) mass is 320 g/mol. The molecule has 120 valence electrons. The summed E-state index contributed by atoms with van der Waals surface area (Å²) in [7, 11) is 0. The molecule has 2 rings (SSSR count). The first-order valence-electron chi connectivity index (χ1n) is 7.07. The van der Waals surface area contributed by atoms with Gasteiger partial charge in [-0.25, -0.2) is 0 Å². The van der Waals surface area contributed by atoms with Crippen LogP contribution in [0.4, 0.5) is 13.2 Å². The molecule has 0 saturated heterocycles. The van der Waals surface area contributed by atoms with Gasteiger partial charge in [-0.2, -0.15) is 0 Å². The lowest BCUT2D eigenvalue weighted by Crippen LogP contribution is -2.16. The molecule has 23 heavy (non-hydrogen) atoms. The Morgan fingerprint density at radius 2 is 1.30 bits per heavy atom. The molecule has 0 spiro atoms. The zero-order chi connectivity index (χ0) is 16.7. The number of hydrogen-bond donors (Lipinski definition) is 0. The highest BCUT2D eigenvalue weighted by molar-refractivity contribution is 5.45. The molecule has 0 radical (unpaired) electrons. The fraction of sp³-hybridized carbons (Fsp3) is 0.222. The zero-order valence-corrected chi connectivity index (χ0v) is 12.5. The first-order chi connectivity index (χ1) is 11.0.